The van der Waals surface area contributed by atoms with Gasteiger partial charge in [-0.15, -0.1) is 0 Å². The predicted octanol–water partition coefficient (Wildman–Crippen LogP) is 2.48. The fraction of sp³-hybridized carbons (Fsp3) is 0.312. The van der Waals surface area contributed by atoms with Crippen LogP contribution in [0.5, 0.6) is 5.88 Å². The number of urea groups is 1. The van der Waals surface area contributed by atoms with E-state index in [-0.39, 0.29) is 27.6 Å². The van der Waals surface area contributed by atoms with Crippen molar-refractivity contribution in [1.29, 1.82) is 0 Å². The molecule has 27 heavy (non-hydrogen) atoms. The third-order valence-electron chi connectivity index (χ3n) is 3.46. The first-order valence-electron chi connectivity index (χ1n) is 7.88. The lowest BCUT2D eigenvalue weighted by atomic mass is 10.1. The normalized spacial score (nSPS) is 10.5. The number of carboxylic acids is 1. The average Bonchev–Trinajstić information content (AvgIpc) is 3.00. The van der Waals surface area contributed by atoms with Gasteiger partial charge in [-0.1, -0.05) is 0 Å². The summed E-state index contributed by atoms with van der Waals surface area (Å²) in [6.07, 6.45) is 0.564. The van der Waals surface area contributed by atoms with Crippen LogP contribution in [0.4, 0.5) is 18.6 Å². The fourth-order valence-corrected chi connectivity index (χ4v) is 2.77. The molecule has 2 aromatic rings. The Labute approximate surface area is 157 Å². The standard InChI is InChI=1S/C16H18F2N4O4S/c1-8-5-11(18)9(6-10(8)17)7-26-13-12(15(23)24)14(27-22-13)21-16(25)20-4-2-3-19/h5-6H,2-4,7,19H2,1H3,(H,23,24)(H2,20,21,25). The van der Waals surface area contributed by atoms with Crippen LogP contribution >= 0.6 is 11.5 Å². The van der Waals surface area contributed by atoms with E-state index in [0.717, 1.165) is 12.1 Å². The quantitative estimate of drug-likeness (QED) is 0.504. The summed E-state index contributed by atoms with van der Waals surface area (Å²) in [6.45, 7) is 1.72. The number of carbonyl (C=O) groups excluding carboxylic acids is 1. The molecule has 11 heteroatoms. The largest absolute Gasteiger partial charge is 0.477 e. The summed E-state index contributed by atoms with van der Waals surface area (Å²) in [5, 5.41) is 14.2. The Morgan fingerprint density at radius 1 is 1.33 bits per heavy atom. The van der Waals surface area contributed by atoms with Crippen molar-refractivity contribution in [2.75, 3.05) is 18.4 Å². The summed E-state index contributed by atoms with van der Waals surface area (Å²) >= 11 is 0.697. The predicted molar refractivity (Wildman–Crippen MR) is 95.2 cm³/mol. The number of ether oxygens (including phenoxy) is 1. The molecular formula is C16H18F2N4O4S. The second-order valence-corrected chi connectivity index (χ2v) is 6.28. The Morgan fingerprint density at radius 3 is 2.74 bits per heavy atom. The summed E-state index contributed by atoms with van der Waals surface area (Å²) in [6, 6.07) is 1.38. The van der Waals surface area contributed by atoms with E-state index in [1.165, 1.54) is 6.92 Å². The van der Waals surface area contributed by atoms with E-state index < -0.39 is 30.2 Å². The van der Waals surface area contributed by atoms with Crippen LogP contribution in [-0.2, 0) is 6.61 Å². The number of aryl methyl sites for hydroxylation is 1. The van der Waals surface area contributed by atoms with E-state index in [1.54, 1.807) is 0 Å². The van der Waals surface area contributed by atoms with E-state index in [0.29, 0.717) is 31.0 Å². The zero-order valence-corrected chi connectivity index (χ0v) is 15.2. The van der Waals surface area contributed by atoms with Gasteiger partial charge in [0.25, 0.3) is 0 Å². The third-order valence-corrected chi connectivity index (χ3v) is 4.21. The van der Waals surface area contributed by atoms with Gasteiger partial charge in [0.2, 0.25) is 5.88 Å². The molecule has 0 saturated carbocycles. The molecule has 1 aromatic heterocycles. The van der Waals surface area contributed by atoms with Crippen molar-refractivity contribution in [2.45, 2.75) is 20.0 Å². The van der Waals surface area contributed by atoms with Crippen molar-refractivity contribution in [3.8, 4) is 5.88 Å². The summed E-state index contributed by atoms with van der Waals surface area (Å²) in [5.41, 5.74) is 5.00. The molecule has 5 N–H and O–H groups in total. The van der Waals surface area contributed by atoms with Crippen molar-refractivity contribution in [1.82, 2.24) is 9.69 Å². The number of hydrogen-bond donors (Lipinski definition) is 4. The highest BCUT2D eigenvalue weighted by atomic mass is 32.1. The van der Waals surface area contributed by atoms with Crippen molar-refractivity contribution in [3.05, 3.63) is 40.5 Å². The van der Waals surface area contributed by atoms with Crippen molar-refractivity contribution in [2.24, 2.45) is 5.73 Å². The van der Waals surface area contributed by atoms with Crippen LogP contribution < -0.4 is 21.1 Å². The maximum absolute atomic E-state index is 13.9. The lowest BCUT2D eigenvalue weighted by Gasteiger charge is -2.08. The highest BCUT2D eigenvalue weighted by Crippen LogP contribution is 2.31. The maximum Gasteiger partial charge on any atom is 0.344 e. The van der Waals surface area contributed by atoms with Gasteiger partial charge in [-0.25, -0.2) is 18.4 Å². The van der Waals surface area contributed by atoms with E-state index in [4.69, 9.17) is 10.5 Å². The molecule has 0 unspecified atom stereocenters. The first kappa shape index (κ1) is 20.5. The molecule has 0 spiro atoms. The highest BCUT2D eigenvalue weighted by Gasteiger charge is 2.23. The minimum atomic E-state index is -1.38. The molecule has 0 aliphatic rings. The number of carboxylic acid groups (broad SMARTS) is 1. The molecule has 0 saturated heterocycles. The number of rotatable bonds is 8. The van der Waals surface area contributed by atoms with E-state index in [2.05, 4.69) is 15.0 Å². The highest BCUT2D eigenvalue weighted by molar-refractivity contribution is 7.11. The van der Waals surface area contributed by atoms with Crippen molar-refractivity contribution < 1.29 is 28.2 Å². The summed E-state index contributed by atoms with van der Waals surface area (Å²) in [4.78, 5) is 23.2. The minimum Gasteiger partial charge on any atom is -0.477 e. The van der Waals surface area contributed by atoms with Crippen LogP contribution in [0, 0.1) is 18.6 Å². The van der Waals surface area contributed by atoms with Crippen LogP contribution in [-0.4, -0.2) is 34.6 Å². The number of aromatic nitrogens is 1. The Hall–Kier alpha value is -2.79. The van der Waals surface area contributed by atoms with E-state index >= 15 is 0 Å². The van der Waals surface area contributed by atoms with Crippen LogP contribution in [0.2, 0.25) is 0 Å². The van der Waals surface area contributed by atoms with Crippen LogP contribution in [0.1, 0.15) is 27.9 Å². The molecule has 1 heterocycles. The number of nitrogens with two attached hydrogens (primary N) is 1. The molecule has 0 aliphatic carbocycles. The van der Waals surface area contributed by atoms with Gasteiger partial charge in [0.05, 0.1) is 0 Å². The molecule has 0 radical (unpaired) electrons. The molecule has 146 valence electrons. The van der Waals surface area contributed by atoms with Gasteiger partial charge in [0.1, 0.15) is 23.2 Å². The number of amides is 2. The molecule has 0 aliphatic heterocycles. The topological polar surface area (TPSA) is 127 Å². The summed E-state index contributed by atoms with van der Waals surface area (Å²) < 4.78 is 36.5. The Morgan fingerprint density at radius 2 is 2.07 bits per heavy atom. The number of nitrogens with zero attached hydrogens (tertiary/aromatic N) is 1. The van der Waals surface area contributed by atoms with E-state index in [1.807, 2.05) is 0 Å². The Kier molecular flexibility index (Phi) is 7.02. The zero-order chi connectivity index (χ0) is 20.0. The molecule has 0 bridgehead atoms. The number of benzene rings is 1. The first-order valence-corrected chi connectivity index (χ1v) is 8.66. The van der Waals surface area contributed by atoms with Crippen molar-refractivity contribution in [3.63, 3.8) is 0 Å². The smallest absolute Gasteiger partial charge is 0.344 e. The molecular weight excluding hydrogens is 382 g/mol. The van der Waals surface area contributed by atoms with Gasteiger partial charge in [0, 0.05) is 12.1 Å². The lowest BCUT2D eigenvalue weighted by molar-refractivity contribution is 0.0693. The van der Waals surface area contributed by atoms with Gasteiger partial charge in [-0.3, -0.25) is 5.32 Å². The SMILES string of the molecule is Cc1cc(F)c(COc2nsc(NC(=O)NCCCN)c2C(=O)O)cc1F. The van der Waals surface area contributed by atoms with Crippen LogP contribution in [0.25, 0.3) is 0 Å². The number of nitrogens with one attached hydrogen (secondary N) is 2. The number of carbonyl (C=O) groups is 2. The Bertz CT molecular complexity index is 844. The van der Waals surface area contributed by atoms with Gasteiger partial charge in [-0.2, -0.15) is 4.37 Å². The lowest BCUT2D eigenvalue weighted by Crippen LogP contribution is -2.30. The first-order chi connectivity index (χ1) is 12.8. The molecule has 8 nitrogen and oxygen atoms in total. The fourth-order valence-electron chi connectivity index (χ4n) is 2.04. The molecule has 0 atom stereocenters. The minimum absolute atomic E-state index is 0.0432. The molecule has 1 aromatic carbocycles. The maximum atomic E-state index is 13.9. The molecule has 0 fully saturated rings. The van der Waals surface area contributed by atoms with Crippen LogP contribution in [0.15, 0.2) is 12.1 Å². The van der Waals surface area contributed by atoms with Crippen LogP contribution in [0.3, 0.4) is 0 Å². The molecule has 2 rings (SSSR count). The number of aromatic carboxylic acids is 1. The molecule has 2 amide bonds. The van der Waals surface area contributed by atoms with Gasteiger partial charge in [0.15, 0.2) is 5.56 Å². The summed E-state index contributed by atoms with van der Waals surface area (Å²) in [5.74, 6) is -2.97. The Balaban J connectivity index is 2.11. The zero-order valence-electron chi connectivity index (χ0n) is 14.3. The monoisotopic (exact) mass is 400 g/mol. The van der Waals surface area contributed by atoms with Crippen molar-refractivity contribution >= 4 is 28.5 Å². The van der Waals surface area contributed by atoms with Gasteiger partial charge < -0.3 is 20.9 Å². The van der Waals surface area contributed by atoms with Gasteiger partial charge in [-0.05, 0) is 49.1 Å². The number of anilines is 1. The van der Waals surface area contributed by atoms with Gasteiger partial charge >= 0.3 is 12.0 Å². The summed E-state index contributed by atoms with van der Waals surface area (Å²) in [7, 11) is 0. The average molecular weight is 400 g/mol. The third kappa shape index (κ3) is 5.34. The number of halogens is 2. The number of hydrogen-bond acceptors (Lipinski definition) is 6. The van der Waals surface area contributed by atoms with E-state index in [9.17, 15) is 23.5 Å². The second-order valence-electron chi connectivity index (χ2n) is 5.50. The second kappa shape index (κ2) is 9.24.